The van der Waals surface area contributed by atoms with Crippen LogP contribution in [0.5, 0.6) is 0 Å². The first-order valence-electron chi connectivity index (χ1n) is 5.73. The third kappa shape index (κ3) is 7.06. The maximum atomic E-state index is 5.18. The van der Waals surface area contributed by atoms with Gasteiger partial charge in [-0.2, -0.15) is 0 Å². The number of rotatable bonds is 8. The zero-order chi connectivity index (χ0) is 10.1. The van der Waals surface area contributed by atoms with Crippen molar-refractivity contribution in [3.8, 4) is 0 Å². The lowest BCUT2D eigenvalue weighted by atomic mass is 9.95. The van der Waals surface area contributed by atoms with Crippen molar-refractivity contribution in [2.24, 2.45) is 11.8 Å². The fourth-order valence-electron chi connectivity index (χ4n) is 1.60. The van der Waals surface area contributed by atoms with Crippen molar-refractivity contribution in [2.75, 3.05) is 13.7 Å². The highest BCUT2D eigenvalue weighted by Gasteiger charge is 2.06. The summed E-state index contributed by atoms with van der Waals surface area (Å²) in [5.41, 5.74) is 0. The molecule has 0 amide bonds. The van der Waals surface area contributed by atoms with Crippen LogP contribution in [-0.4, -0.2) is 13.7 Å². The van der Waals surface area contributed by atoms with E-state index >= 15 is 0 Å². The highest BCUT2D eigenvalue weighted by atomic mass is 16.5. The van der Waals surface area contributed by atoms with E-state index in [-0.39, 0.29) is 0 Å². The molecule has 0 aromatic carbocycles. The van der Waals surface area contributed by atoms with E-state index in [2.05, 4.69) is 20.8 Å². The first kappa shape index (κ1) is 13.0. The minimum absolute atomic E-state index is 0.786. The Hall–Kier alpha value is -0.0400. The standard InChI is InChI=1S/C12H26O/c1-5-11(3)8-7-9-12(6-2)10-13-4/h11-12H,5-10H2,1-4H3. The lowest BCUT2D eigenvalue weighted by molar-refractivity contribution is 0.143. The Balaban J connectivity index is 3.37. The summed E-state index contributed by atoms with van der Waals surface area (Å²) in [6.45, 7) is 7.82. The zero-order valence-corrected chi connectivity index (χ0v) is 9.81. The van der Waals surface area contributed by atoms with E-state index in [0.717, 1.165) is 18.4 Å². The van der Waals surface area contributed by atoms with Crippen molar-refractivity contribution in [3.63, 3.8) is 0 Å². The van der Waals surface area contributed by atoms with Crippen LogP contribution in [0, 0.1) is 11.8 Å². The molecule has 0 saturated carbocycles. The molecule has 0 aliphatic rings. The number of ether oxygens (including phenoxy) is 1. The molecular formula is C12H26O. The molecule has 0 rings (SSSR count). The molecule has 0 bridgehead atoms. The van der Waals surface area contributed by atoms with Gasteiger partial charge < -0.3 is 4.74 Å². The third-order valence-electron chi connectivity index (χ3n) is 2.99. The molecule has 0 N–H and O–H groups in total. The van der Waals surface area contributed by atoms with E-state index in [0.29, 0.717) is 0 Å². The second-order valence-corrected chi connectivity index (χ2v) is 4.17. The Labute approximate surface area is 83.9 Å². The molecule has 2 unspecified atom stereocenters. The summed E-state index contributed by atoms with van der Waals surface area (Å²) < 4.78 is 5.18. The van der Waals surface area contributed by atoms with Crippen LogP contribution in [-0.2, 0) is 4.74 Å². The Kier molecular flexibility index (Phi) is 8.53. The first-order valence-corrected chi connectivity index (χ1v) is 5.73. The van der Waals surface area contributed by atoms with Crippen molar-refractivity contribution in [3.05, 3.63) is 0 Å². The smallest absolute Gasteiger partial charge is 0.0490 e. The van der Waals surface area contributed by atoms with Gasteiger partial charge in [-0.15, -0.1) is 0 Å². The molecule has 0 aliphatic heterocycles. The summed E-state index contributed by atoms with van der Waals surface area (Å²) in [4.78, 5) is 0. The Morgan fingerprint density at radius 3 is 2.23 bits per heavy atom. The molecule has 0 spiro atoms. The molecule has 0 aromatic rings. The molecule has 0 heterocycles. The summed E-state index contributed by atoms with van der Waals surface area (Å²) in [6, 6.07) is 0. The predicted octanol–water partition coefficient (Wildman–Crippen LogP) is 3.88. The highest BCUT2D eigenvalue weighted by Crippen LogP contribution is 2.17. The third-order valence-corrected chi connectivity index (χ3v) is 2.99. The average molecular weight is 186 g/mol. The van der Waals surface area contributed by atoms with Gasteiger partial charge in [0.2, 0.25) is 0 Å². The van der Waals surface area contributed by atoms with Crippen LogP contribution >= 0.6 is 0 Å². The topological polar surface area (TPSA) is 9.23 Å². The highest BCUT2D eigenvalue weighted by molar-refractivity contribution is 4.58. The Morgan fingerprint density at radius 2 is 1.77 bits per heavy atom. The zero-order valence-electron chi connectivity index (χ0n) is 9.81. The summed E-state index contributed by atoms with van der Waals surface area (Å²) in [7, 11) is 1.80. The molecule has 1 nitrogen and oxygen atoms in total. The van der Waals surface area contributed by atoms with E-state index in [4.69, 9.17) is 4.74 Å². The maximum Gasteiger partial charge on any atom is 0.0490 e. The normalized spacial score (nSPS) is 15.7. The summed E-state index contributed by atoms with van der Waals surface area (Å²) in [5, 5.41) is 0. The van der Waals surface area contributed by atoms with E-state index in [1.54, 1.807) is 7.11 Å². The molecule has 2 atom stereocenters. The molecule has 0 aliphatic carbocycles. The number of hydrogen-bond donors (Lipinski definition) is 0. The van der Waals surface area contributed by atoms with Crippen LogP contribution in [0.3, 0.4) is 0 Å². The molecule has 1 heteroatoms. The van der Waals surface area contributed by atoms with Crippen LogP contribution in [0.1, 0.15) is 52.9 Å². The lowest BCUT2D eigenvalue weighted by Crippen LogP contribution is -2.07. The summed E-state index contributed by atoms with van der Waals surface area (Å²) in [5.74, 6) is 1.69. The van der Waals surface area contributed by atoms with Gasteiger partial charge in [0.1, 0.15) is 0 Å². The van der Waals surface area contributed by atoms with Crippen LogP contribution in [0.15, 0.2) is 0 Å². The first-order chi connectivity index (χ1) is 6.24. The lowest BCUT2D eigenvalue weighted by Gasteiger charge is -2.14. The van der Waals surface area contributed by atoms with Gasteiger partial charge in [-0.25, -0.2) is 0 Å². The average Bonchev–Trinajstić information content (AvgIpc) is 2.16. The van der Waals surface area contributed by atoms with Crippen molar-refractivity contribution in [1.82, 2.24) is 0 Å². The number of hydrogen-bond acceptors (Lipinski definition) is 1. The number of methoxy groups -OCH3 is 1. The van der Waals surface area contributed by atoms with E-state index in [9.17, 15) is 0 Å². The fourth-order valence-corrected chi connectivity index (χ4v) is 1.60. The molecule has 0 aromatic heterocycles. The molecule has 13 heavy (non-hydrogen) atoms. The second-order valence-electron chi connectivity index (χ2n) is 4.17. The predicted molar refractivity (Wildman–Crippen MR) is 59.0 cm³/mol. The van der Waals surface area contributed by atoms with Crippen LogP contribution in [0.25, 0.3) is 0 Å². The van der Waals surface area contributed by atoms with Crippen molar-refractivity contribution < 1.29 is 4.74 Å². The van der Waals surface area contributed by atoms with E-state index in [1.807, 2.05) is 0 Å². The summed E-state index contributed by atoms with van der Waals surface area (Å²) >= 11 is 0. The van der Waals surface area contributed by atoms with Gasteiger partial charge in [0.25, 0.3) is 0 Å². The van der Waals surface area contributed by atoms with Crippen molar-refractivity contribution in [1.29, 1.82) is 0 Å². The minimum atomic E-state index is 0.786. The van der Waals surface area contributed by atoms with Gasteiger partial charge in [0, 0.05) is 13.7 Å². The fraction of sp³-hybridized carbons (Fsp3) is 1.00. The Morgan fingerprint density at radius 1 is 1.08 bits per heavy atom. The van der Waals surface area contributed by atoms with Crippen molar-refractivity contribution in [2.45, 2.75) is 52.9 Å². The van der Waals surface area contributed by atoms with Gasteiger partial charge in [-0.1, -0.05) is 46.5 Å². The van der Waals surface area contributed by atoms with E-state index in [1.165, 1.54) is 32.1 Å². The van der Waals surface area contributed by atoms with Crippen LogP contribution in [0.4, 0.5) is 0 Å². The van der Waals surface area contributed by atoms with Gasteiger partial charge in [-0.3, -0.25) is 0 Å². The maximum absolute atomic E-state index is 5.18. The monoisotopic (exact) mass is 186 g/mol. The van der Waals surface area contributed by atoms with Gasteiger partial charge >= 0.3 is 0 Å². The van der Waals surface area contributed by atoms with Gasteiger partial charge in [0.15, 0.2) is 0 Å². The minimum Gasteiger partial charge on any atom is -0.384 e. The molecular weight excluding hydrogens is 160 g/mol. The SMILES string of the molecule is CCC(C)CCCC(CC)COC. The largest absolute Gasteiger partial charge is 0.384 e. The molecule has 80 valence electrons. The molecule has 0 fully saturated rings. The van der Waals surface area contributed by atoms with Crippen molar-refractivity contribution >= 4 is 0 Å². The van der Waals surface area contributed by atoms with Gasteiger partial charge in [-0.05, 0) is 18.3 Å². The summed E-state index contributed by atoms with van der Waals surface area (Å²) in [6.07, 6.45) is 6.68. The van der Waals surface area contributed by atoms with Gasteiger partial charge in [0.05, 0.1) is 0 Å². The Bertz CT molecular complexity index is 101. The second kappa shape index (κ2) is 8.55. The van der Waals surface area contributed by atoms with E-state index < -0.39 is 0 Å². The molecule has 0 saturated heterocycles. The van der Waals surface area contributed by atoms with Crippen LogP contribution < -0.4 is 0 Å². The molecule has 0 radical (unpaired) electrons. The van der Waals surface area contributed by atoms with Crippen LogP contribution in [0.2, 0.25) is 0 Å². The quantitative estimate of drug-likeness (QED) is 0.559.